The van der Waals surface area contributed by atoms with Gasteiger partial charge >= 0.3 is 11.7 Å². The summed E-state index contributed by atoms with van der Waals surface area (Å²) in [5.74, 6) is -0.247. The zero-order valence-electron chi connectivity index (χ0n) is 16.5. The van der Waals surface area contributed by atoms with Gasteiger partial charge in [0.2, 0.25) is 5.91 Å². The number of amides is 1. The molecule has 10 heteroatoms. The fourth-order valence-electron chi connectivity index (χ4n) is 2.63. The first kappa shape index (κ1) is 22.2. The number of thioether (sulfide) groups is 1. The van der Waals surface area contributed by atoms with E-state index in [0.717, 1.165) is 18.4 Å². The second kappa shape index (κ2) is 10.5. The molecule has 0 atom stereocenters. The highest BCUT2D eigenvalue weighted by Crippen LogP contribution is 2.31. The average molecular weight is 427 g/mol. The van der Waals surface area contributed by atoms with Gasteiger partial charge in [0.15, 0.2) is 5.16 Å². The third kappa shape index (κ3) is 5.71. The Hall–Kier alpha value is -2.07. The van der Waals surface area contributed by atoms with Crippen LogP contribution in [-0.4, -0.2) is 39.0 Å². The number of nitrogens with one attached hydrogen (secondary N) is 2. The second-order valence-electron chi connectivity index (χ2n) is 6.58. The molecule has 1 amide bonds. The van der Waals surface area contributed by atoms with Crippen molar-refractivity contribution in [3.63, 3.8) is 0 Å². The van der Waals surface area contributed by atoms with Gasteiger partial charge in [0.1, 0.15) is 5.00 Å². The summed E-state index contributed by atoms with van der Waals surface area (Å²) in [4.78, 5) is 36.5. The quantitative estimate of drug-likeness (QED) is 0.446. The Kier molecular flexibility index (Phi) is 8.31. The molecule has 2 rings (SSSR count). The molecular weight excluding hydrogens is 400 g/mol. The number of H-pyrrole nitrogens is 1. The maximum absolute atomic E-state index is 12.4. The lowest BCUT2D eigenvalue weighted by atomic mass is 10.0. The Morgan fingerprint density at radius 2 is 2.14 bits per heavy atom. The number of aromatic amines is 1. The van der Waals surface area contributed by atoms with Crippen LogP contribution in [0.1, 0.15) is 50.0 Å². The Bertz CT molecular complexity index is 869. The molecule has 0 aliphatic heterocycles. The van der Waals surface area contributed by atoms with Gasteiger partial charge in [-0.15, -0.1) is 16.4 Å². The zero-order chi connectivity index (χ0) is 20.7. The van der Waals surface area contributed by atoms with Crippen LogP contribution in [0.3, 0.4) is 0 Å². The molecule has 154 valence electrons. The van der Waals surface area contributed by atoms with Crippen LogP contribution in [0.4, 0.5) is 5.00 Å². The van der Waals surface area contributed by atoms with Crippen LogP contribution in [0.2, 0.25) is 0 Å². The van der Waals surface area contributed by atoms with Crippen molar-refractivity contribution in [2.45, 2.75) is 52.2 Å². The molecule has 0 radical (unpaired) electrons. The van der Waals surface area contributed by atoms with Crippen molar-refractivity contribution in [3.05, 3.63) is 27.0 Å². The lowest BCUT2D eigenvalue weighted by Crippen LogP contribution is -2.19. The number of esters is 1. The van der Waals surface area contributed by atoms with E-state index in [1.165, 1.54) is 27.7 Å². The largest absolute Gasteiger partial charge is 0.462 e. The predicted octanol–water partition coefficient (Wildman–Crippen LogP) is 3.15. The number of carbonyl (C=O) groups excluding carboxylic acids is 2. The van der Waals surface area contributed by atoms with Gasteiger partial charge in [-0.3, -0.25) is 9.36 Å². The lowest BCUT2D eigenvalue weighted by Gasteiger charge is -2.10. The summed E-state index contributed by atoms with van der Waals surface area (Å²) in [6, 6.07) is 0. The molecule has 2 heterocycles. The van der Waals surface area contributed by atoms with Crippen LogP contribution in [-0.2, 0) is 22.5 Å². The van der Waals surface area contributed by atoms with Gasteiger partial charge in [-0.1, -0.05) is 32.5 Å². The predicted molar refractivity (Wildman–Crippen MR) is 111 cm³/mol. The number of hydrogen-bond acceptors (Lipinski definition) is 7. The van der Waals surface area contributed by atoms with Crippen LogP contribution >= 0.6 is 23.1 Å². The minimum Gasteiger partial charge on any atom is -0.462 e. The van der Waals surface area contributed by atoms with Crippen molar-refractivity contribution in [1.29, 1.82) is 0 Å². The van der Waals surface area contributed by atoms with E-state index in [1.807, 2.05) is 12.3 Å². The van der Waals surface area contributed by atoms with Crippen molar-refractivity contribution >= 4 is 40.0 Å². The van der Waals surface area contributed by atoms with Crippen molar-refractivity contribution in [2.24, 2.45) is 5.92 Å². The summed E-state index contributed by atoms with van der Waals surface area (Å²) in [6.45, 7) is 8.66. The van der Waals surface area contributed by atoms with Crippen LogP contribution < -0.4 is 11.0 Å². The van der Waals surface area contributed by atoms with Gasteiger partial charge in [-0.2, -0.15) is 0 Å². The molecule has 2 aromatic rings. The van der Waals surface area contributed by atoms with Crippen molar-refractivity contribution in [3.8, 4) is 0 Å². The van der Waals surface area contributed by atoms with E-state index in [1.54, 1.807) is 6.92 Å². The molecule has 2 N–H and O–H groups in total. The number of thiophene rings is 1. The fraction of sp³-hybridized carbons (Fsp3) is 0.556. The third-order valence-electron chi connectivity index (χ3n) is 3.73. The number of aromatic nitrogens is 3. The highest BCUT2D eigenvalue weighted by Gasteiger charge is 2.22. The zero-order valence-corrected chi connectivity index (χ0v) is 18.2. The topological polar surface area (TPSA) is 106 Å². The molecule has 0 spiro atoms. The van der Waals surface area contributed by atoms with E-state index in [9.17, 15) is 14.4 Å². The summed E-state index contributed by atoms with van der Waals surface area (Å²) < 4.78 is 6.67. The third-order valence-corrected chi connectivity index (χ3v) is 5.65. The normalized spacial score (nSPS) is 11.0. The summed E-state index contributed by atoms with van der Waals surface area (Å²) in [5, 5.41) is 12.0. The SMILES string of the molecule is CCCn1c(SCC(=O)Nc2scc(CC(C)C)c2C(=O)OCC)n[nH]c1=O. The van der Waals surface area contributed by atoms with E-state index >= 15 is 0 Å². The van der Waals surface area contributed by atoms with Crippen LogP contribution in [0, 0.1) is 5.92 Å². The van der Waals surface area contributed by atoms with Crippen molar-refractivity contribution < 1.29 is 14.3 Å². The molecule has 0 unspecified atom stereocenters. The average Bonchev–Trinajstić information content (AvgIpc) is 3.17. The number of hydrogen-bond donors (Lipinski definition) is 2. The first-order valence-corrected chi connectivity index (χ1v) is 11.1. The number of anilines is 1. The molecular formula is C18H26N4O4S2. The van der Waals surface area contributed by atoms with Gasteiger partial charge in [-0.25, -0.2) is 14.7 Å². The molecule has 0 bridgehead atoms. The smallest absolute Gasteiger partial charge is 0.343 e. The van der Waals surface area contributed by atoms with E-state index in [-0.39, 0.29) is 24.0 Å². The molecule has 0 saturated carbocycles. The molecule has 0 saturated heterocycles. The van der Waals surface area contributed by atoms with Gasteiger partial charge in [0.25, 0.3) is 0 Å². The fourth-order valence-corrected chi connectivity index (χ4v) is 4.38. The molecule has 0 fully saturated rings. The van der Waals surface area contributed by atoms with E-state index < -0.39 is 5.97 Å². The van der Waals surface area contributed by atoms with Crippen LogP contribution in [0.25, 0.3) is 0 Å². The summed E-state index contributed by atoms with van der Waals surface area (Å²) >= 11 is 2.49. The van der Waals surface area contributed by atoms with Gasteiger partial charge in [0, 0.05) is 6.54 Å². The summed E-state index contributed by atoms with van der Waals surface area (Å²) in [7, 11) is 0. The maximum atomic E-state index is 12.4. The van der Waals surface area contributed by atoms with Gasteiger partial charge in [-0.05, 0) is 36.6 Å². The minimum atomic E-state index is -0.425. The molecule has 8 nitrogen and oxygen atoms in total. The molecule has 28 heavy (non-hydrogen) atoms. The Balaban J connectivity index is 2.10. The highest BCUT2D eigenvalue weighted by atomic mass is 32.2. The van der Waals surface area contributed by atoms with E-state index in [2.05, 4.69) is 29.4 Å². The Morgan fingerprint density at radius 1 is 1.39 bits per heavy atom. The second-order valence-corrected chi connectivity index (χ2v) is 8.41. The Morgan fingerprint density at radius 3 is 2.79 bits per heavy atom. The van der Waals surface area contributed by atoms with Crippen LogP contribution in [0.5, 0.6) is 0 Å². The minimum absolute atomic E-state index is 0.0771. The van der Waals surface area contributed by atoms with Crippen LogP contribution in [0.15, 0.2) is 15.3 Å². The number of ether oxygens (including phenoxy) is 1. The molecule has 0 aliphatic rings. The molecule has 2 aromatic heterocycles. The number of carbonyl (C=O) groups is 2. The van der Waals surface area contributed by atoms with E-state index in [0.29, 0.717) is 28.2 Å². The van der Waals surface area contributed by atoms with Gasteiger partial charge < -0.3 is 10.1 Å². The first-order chi connectivity index (χ1) is 13.4. The van der Waals surface area contributed by atoms with Crippen molar-refractivity contribution in [1.82, 2.24) is 14.8 Å². The molecule has 0 aliphatic carbocycles. The van der Waals surface area contributed by atoms with Crippen molar-refractivity contribution in [2.75, 3.05) is 17.7 Å². The lowest BCUT2D eigenvalue weighted by molar-refractivity contribution is -0.113. The molecule has 0 aromatic carbocycles. The highest BCUT2D eigenvalue weighted by molar-refractivity contribution is 7.99. The number of nitrogens with zero attached hydrogens (tertiary/aromatic N) is 2. The first-order valence-electron chi connectivity index (χ1n) is 9.22. The van der Waals surface area contributed by atoms with Gasteiger partial charge in [0.05, 0.1) is 17.9 Å². The number of rotatable bonds is 10. The Labute approximate surface area is 172 Å². The standard InChI is InChI=1S/C18H26N4O4S2/c1-5-7-22-17(25)20-21-18(22)28-10-13(23)19-15-14(16(24)26-6-2)12(9-27-15)8-11(3)4/h9,11H,5-8,10H2,1-4H3,(H,19,23)(H,20,25). The summed E-state index contributed by atoms with van der Waals surface area (Å²) in [5.41, 5.74) is 1.03. The maximum Gasteiger partial charge on any atom is 0.343 e. The monoisotopic (exact) mass is 426 g/mol. The summed E-state index contributed by atoms with van der Waals surface area (Å²) in [6.07, 6.45) is 1.52. The van der Waals surface area contributed by atoms with E-state index in [4.69, 9.17) is 4.74 Å².